The van der Waals surface area contributed by atoms with Crippen LogP contribution in [0.3, 0.4) is 0 Å². The van der Waals surface area contributed by atoms with Crippen LogP contribution in [0.1, 0.15) is 12.8 Å². The molecule has 0 rings (SSSR count). The summed E-state index contributed by atoms with van der Waals surface area (Å²) in [6.45, 7) is 0. The highest BCUT2D eigenvalue weighted by Gasteiger charge is 1.88. The zero-order valence-corrected chi connectivity index (χ0v) is 6.80. The molecule has 0 aromatic heterocycles. The molecule has 0 aromatic carbocycles. The zero-order chi connectivity index (χ0) is 8.53. The van der Waals surface area contributed by atoms with Gasteiger partial charge in [0, 0.05) is 12.2 Å². The minimum Gasteiger partial charge on any atom is -0.481 e. The summed E-state index contributed by atoms with van der Waals surface area (Å²) in [4.78, 5) is 9.98. The van der Waals surface area contributed by atoms with Crippen LogP contribution in [0.5, 0.6) is 0 Å². The average Bonchev–Trinajstić information content (AvgIpc) is 1.96. The molecule has 0 aromatic rings. The van der Waals surface area contributed by atoms with Gasteiger partial charge in [0.25, 0.3) is 0 Å². The van der Waals surface area contributed by atoms with Crippen molar-refractivity contribution in [2.75, 3.05) is 5.75 Å². The largest absolute Gasteiger partial charge is 0.481 e. The SMILES string of the molecule is N#CCCSC=CCC(=O)O. The second kappa shape index (κ2) is 7.16. The van der Waals surface area contributed by atoms with E-state index in [1.165, 1.54) is 11.8 Å². The van der Waals surface area contributed by atoms with Crippen molar-refractivity contribution < 1.29 is 9.90 Å². The number of carboxylic acid groups (broad SMARTS) is 1. The second-order valence-electron chi connectivity index (χ2n) is 1.75. The molecule has 0 heterocycles. The maximum absolute atomic E-state index is 9.98. The van der Waals surface area contributed by atoms with Crippen molar-refractivity contribution in [3.8, 4) is 6.07 Å². The Morgan fingerprint density at radius 1 is 1.73 bits per heavy atom. The van der Waals surface area contributed by atoms with Crippen molar-refractivity contribution in [1.29, 1.82) is 5.26 Å². The molecule has 0 fully saturated rings. The van der Waals surface area contributed by atoms with Crippen LogP contribution in [-0.2, 0) is 4.79 Å². The third-order valence-corrected chi connectivity index (χ3v) is 1.64. The van der Waals surface area contributed by atoms with Gasteiger partial charge < -0.3 is 5.11 Å². The van der Waals surface area contributed by atoms with Gasteiger partial charge in [-0.25, -0.2) is 0 Å². The number of nitrogens with zero attached hydrogens (tertiary/aromatic N) is 1. The van der Waals surface area contributed by atoms with Crippen molar-refractivity contribution in [2.45, 2.75) is 12.8 Å². The molecule has 0 aliphatic rings. The van der Waals surface area contributed by atoms with Gasteiger partial charge in [-0.05, 0) is 5.41 Å². The van der Waals surface area contributed by atoms with Crippen LogP contribution in [0.4, 0.5) is 0 Å². The summed E-state index contributed by atoms with van der Waals surface area (Å²) in [5, 5.41) is 18.0. The van der Waals surface area contributed by atoms with Gasteiger partial charge in [-0.1, -0.05) is 6.08 Å². The summed E-state index contributed by atoms with van der Waals surface area (Å²) in [6.07, 6.45) is 2.13. The Labute approximate surface area is 69.7 Å². The van der Waals surface area contributed by atoms with Gasteiger partial charge in [0.05, 0.1) is 12.5 Å². The third kappa shape index (κ3) is 9.05. The smallest absolute Gasteiger partial charge is 0.307 e. The standard InChI is InChI=1S/C7H9NO2S/c8-4-2-6-11-5-1-3-7(9)10/h1,5H,2-3,6H2,(H,9,10). The van der Waals surface area contributed by atoms with E-state index in [1.54, 1.807) is 11.5 Å². The van der Waals surface area contributed by atoms with E-state index in [9.17, 15) is 4.79 Å². The maximum atomic E-state index is 9.98. The first-order valence-corrected chi connectivity index (χ1v) is 4.17. The number of hydrogen-bond donors (Lipinski definition) is 1. The van der Waals surface area contributed by atoms with Crippen LogP contribution in [0, 0.1) is 11.3 Å². The molecule has 3 nitrogen and oxygen atoms in total. The van der Waals surface area contributed by atoms with E-state index in [2.05, 4.69) is 0 Å². The molecule has 0 saturated heterocycles. The summed E-state index contributed by atoms with van der Waals surface area (Å²) in [6, 6.07) is 2.00. The topological polar surface area (TPSA) is 61.1 Å². The predicted molar refractivity (Wildman–Crippen MR) is 44.1 cm³/mol. The van der Waals surface area contributed by atoms with Gasteiger partial charge in [0.2, 0.25) is 0 Å². The molecule has 0 atom stereocenters. The number of carboxylic acids is 1. The fourth-order valence-corrected chi connectivity index (χ4v) is 0.967. The summed E-state index contributed by atoms with van der Waals surface area (Å²) in [5.74, 6) is -0.103. The fraction of sp³-hybridized carbons (Fsp3) is 0.429. The monoisotopic (exact) mass is 171 g/mol. The highest BCUT2D eigenvalue weighted by molar-refractivity contribution is 8.02. The van der Waals surface area contributed by atoms with E-state index < -0.39 is 5.97 Å². The summed E-state index contributed by atoms with van der Waals surface area (Å²) in [5.41, 5.74) is 0. The van der Waals surface area contributed by atoms with E-state index in [-0.39, 0.29) is 6.42 Å². The minimum atomic E-state index is -0.831. The zero-order valence-electron chi connectivity index (χ0n) is 5.99. The Balaban J connectivity index is 3.18. The lowest BCUT2D eigenvalue weighted by Crippen LogP contribution is -1.89. The lowest BCUT2D eigenvalue weighted by Gasteiger charge is -1.86. The van der Waals surface area contributed by atoms with Crippen LogP contribution >= 0.6 is 11.8 Å². The van der Waals surface area contributed by atoms with Gasteiger partial charge in [-0.15, -0.1) is 11.8 Å². The molecular weight excluding hydrogens is 162 g/mol. The molecule has 0 bridgehead atoms. The molecular formula is C7H9NO2S. The lowest BCUT2D eigenvalue weighted by molar-refractivity contribution is -0.135. The van der Waals surface area contributed by atoms with Crippen molar-refractivity contribution in [3.05, 3.63) is 11.5 Å². The average molecular weight is 171 g/mol. The normalized spacial score (nSPS) is 9.73. The molecule has 0 spiro atoms. The van der Waals surface area contributed by atoms with Gasteiger partial charge in [-0.3, -0.25) is 4.79 Å². The molecule has 1 N–H and O–H groups in total. The Morgan fingerprint density at radius 2 is 2.45 bits per heavy atom. The molecule has 0 saturated carbocycles. The fourth-order valence-electron chi connectivity index (χ4n) is 0.390. The minimum absolute atomic E-state index is 0.0551. The summed E-state index contributed by atoms with van der Waals surface area (Å²) in [7, 11) is 0. The molecule has 60 valence electrons. The van der Waals surface area contributed by atoms with Crippen LogP contribution in [0.2, 0.25) is 0 Å². The summed E-state index contributed by atoms with van der Waals surface area (Å²) >= 11 is 1.45. The van der Waals surface area contributed by atoms with Crippen molar-refractivity contribution >= 4 is 17.7 Å². The van der Waals surface area contributed by atoms with Crippen molar-refractivity contribution in [3.63, 3.8) is 0 Å². The first-order valence-electron chi connectivity index (χ1n) is 3.12. The van der Waals surface area contributed by atoms with E-state index in [0.29, 0.717) is 6.42 Å². The van der Waals surface area contributed by atoms with Gasteiger partial charge in [0.15, 0.2) is 0 Å². The maximum Gasteiger partial charge on any atom is 0.307 e. The van der Waals surface area contributed by atoms with Crippen LogP contribution in [-0.4, -0.2) is 16.8 Å². The first-order chi connectivity index (χ1) is 5.27. The lowest BCUT2D eigenvalue weighted by atomic mass is 10.4. The van der Waals surface area contributed by atoms with Gasteiger partial charge >= 0.3 is 5.97 Å². The predicted octanol–water partition coefficient (Wildman–Crippen LogP) is 1.62. The first kappa shape index (κ1) is 10.0. The van der Waals surface area contributed by atoms with Crippen molar-refractivity contribution in [1.82, 2.24) is 0 Å². The number of rotatable bonds is 5. The van der Waals surface area contributed by atoms with E-state index in [1.807, 2.05) is 6.07 Å². The Kier molecular flexibility index (Phi) is 6.54. The van der Waals surface area contributed by atoms with Crippen LogP contribution in [0.25, 0.3) is 0 Å². The molecule has 0 unspecified atom stereocenters. The highest BCUT2D eigenvalue weighted by atomic mass is 32.2. The molecule has 0 amide bonds. The van der Waals surface area contributed by atoms with E-state index in [0.717, 1.165) is 5.75 Å². The van der Waals surface area contributed by atoms with Crippen LogP contribution < -0.4 is 0 Å². The quantitative estimate of drug-likeness (QED) is 0.638. The Morgan fingerprint density at radius 3 is 3.00 bits per heavy atom. The van der Waals surface area contributed by atoms with Gasteiger partial charge in [0.1, 0.15) is 0 Å². The molecule has 11 heavy (non-hydrogen) atoms. The molecule has 0 aliphatic heterocycles. The van der Waals surface area contributed by atoms with Crippen LogP contribution in [0.15, 0.2) is 11.5 Å². The van der Waals surface area contributed by atoms with E-state index in [4.69, 9.17) is 10.4 Å². The number of aliphatic carboxylic acids is 1. The number of carbonyl (C=O) groups is 1. The van der Waals surface area contributed by atoms with E-state index >= 15 is 0 Å². The molecule has 4 heteroatoms. The molecule has 0 radical (unpaired) electrons. The van der Waals surface area contributed by atoms with Crippen molar-refractivity contribution in [2.24, 2.45) is 0 Å². The summed E-state index contributed by atoms with van der Waals surface area (Å²) < 4.78 is 0. The molecule has 0 aliphatic carbocycles. The number of hydrogen-bond acceptors (Lipinski definition) is 3. The number of thioether (sulfide) groups is 1. The third-order valence-electron chi connectivity index (χ3n) is 0.817. The Bertz CT molecular complexity index is 183. The van der Waals surface area contributed by atoms with Gasteiger partial charge in [-0.2, -0.15) is 5.26 Å². The highest BCUT2D eigenvalue weighted by Crippen LogP contribution is 2.03. The Hall–Kier alpha value is -0.950. The second-order valence-corrected chi connectivity index (χ2v) is 2.76. The number of nitriles is 1.